The van der Waals surface area contributed by atoms with E-state index >= 15 is 0 Å². The first-order valence-corrected chi connectivity index (χ1v) is 7.09. The maximum atomic E-state index is 5.84. The molecule has 0 amide bonds. The van der Waals surface area contributed by atoms with Crippen LogP contribution in [0.15, 0.2) is 6.33 Å². The van der Waals surface area contributed by atoms with Gasteiger partial charge in [-0.3, -0.25) is 0 Å². The van der Waals surface area contributed by atoms with Crippen molar-refractivity contribution < 1.29 is 0 Å². The molecule has 2 N–H and O–H groups in total. The van der Waals surface area contributed by atoms with Gasteiger partial charge in [0.2, 0.25) is 0 Å². The molecule has 0 aromatic carbocycles. The zero-order chi connectivity index (χ0) is 12.5. The van der Waals surface area contributed by atoms with Crippen LogP contribution in [-0.2, 0) is 12.8 Å². The standard InChI is InChI=1S/C14H22N4/c1-10-5-6-11(7-15)8-18(10)14-12-3-2-4-13(12)16-9-17-14/h9-11H,2-8,15H2,1H3. The van der Waals surface area contributed by atoms with Crippen molar-refractivity contribution in [2.45, 2.75) is 45.1 Å². The van der Waals surface area contributed by atoms with Crippen molar-refractivity contribution in [2.75, 3.05) is 18.0 Å². The van der Waals surface area contributed by atoms with Crippen LogP contribution in [0.1, 0.15) is 37.4 Å². The van der Waals surface area contributed by atoms with E-state index in [-0.39, 0.29) is 0 Å². The van der Waals surface area contributed by atoms with Crippen molar-refractivity contribution in [1.29, 1.82) is 0 Å². The van der Waals surface area contributed by atoms with E-state index in [4.69, 9.17) is 5.73 Å². The maximum Gasteiger partial charge on any atom is 0.135 e. The number of nitrogens with zero attached hydrogens (tertiary/aromatic N) is 3. The summed E-state index contributed by atoms with van der Waals surface area (Å²) in [6.07, 6.45) is 7.69. The van der Waals surface area contributed by atoms with Gasteiger partial charge in [0.1, 0.15) is 12.1 Å². The van der Waals surface area contributed by atoms with Crippen molar-refractivity contribution in [2.24, 2.45) is 11.7 Å². The van der Waals surface area contributed by atoms with E-state index in [1.165, 1.54) is 36.3 Å². The number of rotatable bonds is 2. The topological polar surface area (TPSA) is 55.0 Å². The van der Waals surface area contributed by atoms with Gasteiger partial charge in [-0.2, -0.15) is 0 Å². The smallest absolute Gasteiger partial charge is 0.135 e. The molecule has 0 spiro atoms. The van der Waals surface area contributed by atoms with Crippen LogP contribution in [0.3, 0.4) is 0 Å². The lowest BCUT2D eigenvalue weighted by atomic mass is 9.93. The van der Waals surface area contributed by atoms with E-state index in [0.717, 1.165) is 25.9 Å². The van der Waals surface area contributed by atoms with Crippen molar-refractivity contribution in [3.8, 4) is 0 Å². The predicted octanol–water partition coefficient (Wildman–Crippen LogP) is 1.53. The van der Waals surface area contributed by atoms with Gasteiger partial charge in [0.15, 0.2) is 0 Å². The number of aromatic nitrogens is 2. The second-order valence-electron chi connectivity index (χ2n) is 5.66. The Balaban J connectivity index is 1.91. The van der Waals surface area contributed by atoms with Crippen LogP contribution in [0.4, 0.5) is 5.82 Å². The molecule has 3 rings (SSSR count). The number of fused-ring (bicyclic) bond motifs is 1. The zero-order valence-electron chi connectivity index (χ0n) is 11.1. The Morgan fingerprint density at radius 2 is 2.22 bits per heavy atom. The van der Waals surface area contributed by atoms with Gasteiger partial charge in [0.25, 0.3) is 0 Å². The van der Waals surface area contributed by atoms with Crippen LogP contribution in [0, 0.1) is 5.92 Å². The molecule has 1 saturated heterocycles. The van der Waals surface area contributed by atoms with Gasteiger partial charge in [-0.15, -0.1) is 0 Å². The summed E-state index contributed by atoms with van der Waals surface area (Å²) < 4.78 is 0. The predicted molar refractivity (Wildman–Crippen MR) is 72.6 cm³/mol. The van der Waals surface area contributed by atoms with Crippen LogP contribution < -0.4 is 10.6 Å². The van der Waals surface area contributed by atoms with E-state index < -0.39 is 0 Å². The fraction of sp³-hybridized carbons (Fsp3) is 0.714. The molecule has 0 radical (unpaired) electrons. The monoisotopic (exact) mass is 246 g/mol. The average molecular weight is 246 g/mol. The lowest BCUT2D eigenvalue weighted by Gasteiger charge is -2.39. The minimum absolute atomic E-state index is 0.576. The lowest BCUT2D eigenvalue weighted by molar-refractivity contribution is 0.371. The highest BCUT2D eigenvalue weighted by Gasteiger charge is 2.29. The normalized spacial score (nSPS) is 27.3. The van der Waals surface area contributed by atoms with Crippen LogP contribution in [0.25, 0.3) is 0 Å². The number of nitrogens with two attached hydrogens (primary N) is 1. The van der Waals surface area contributed by atoms with Gasteiger partial charge >= 0.3 is 0 Å². The Morgan fingerprint density at radius 3 is 3.06 bits per heavy atom. The molecule has 1 aromatic heterocycles. The molecule has 4 heteroatoms. The van der Waals surface area contributed by atoms with Crippen LogP contribution in [-0.4, -0.2) is 29.1 Å². The molecule has 2 unspecified atom stereocenters. The molecule has 1 aliphatic heterocycles. The Kier molecular flexibility index (Phi) is 3.20. The number of hydrogen-bond donors (Lipinski definition) is 1. The lowest BCUT2D eigenvalue weighted by Crippen LogP contribution is -2.44. The van der Waals surface area contributed by atoms with Gasteiger partial charge in [0.05, 0.1) is 0 Å². The fourth-order valence-electron chi connectivity index (χ4n) is 3.26. The molecule has 4 nitrogen and oxygen atoms in total. The molecule has 2 heterocycles. The molecule has 2 aliphatic rings. The van der Waals surface area contributed by atoms with Crippen LogP contribution in [0.2, 0.25) is 0 Å². The summed E-state index contributed by atoms with van der Waals surface area (Å²) in [4.78, 5) is 11.4. The van der Waals surface area contributed by atoms with Crippen molar-refractivity contribution >= 4 is 5.82 Å². The number of piperidine rings is 1. The second kappa shape index (κ2) is 4.84. The first-order chi connectivity index (χ1) is 8.79. The Morgan fingerprint density at radius 1 is 1.33 bits per heavy atom. The molecule has 1 aromatic rings. The highest BCUT2D eigenvalue weighted by Crippen LogP contribution is 2.32. The van der Waals surface area contributed by atoms with Crippen LogP contribution >= 0.6 is 0 Å². The third-order valence-corrected chi connectivity index (χ3v) is 4.44. The summed E-state index contributed by atoms with van der Waals surface area (Å²) in [5.74, 6) is 1.80. The van der Waals surface area contributed by atoms with Gasteiger partial charge in [-0.05, 0) is 51.5 Å². The van der Waals surface area contributed by atoms with Crippen LogP contribution in [0.5, 0.6) is 0 Å². The molecule has 98 valence electrons. The summed E-state index contributed by atoms with van der Waals surface area (Å²) >= 11 is 0. The van der Waals surface area contributed by atoms with Crippen molar-refractivity contribution in [1.82, 2.24) is 9.97 Å². The highest BCUT2D eigenvalue weighted by molar-refractivity contribution is 5.51. The molecule has 1 aliphatic carbocycles. The van der Waals surface area contributed by atoms with Crippen molar-refractivity contribution in [3.05, 3.63) is 17.6 Å². The third-order valence-electron chi connectivity index (χ3n) is 4.44. The summed E-state index contributed by atoms with van der Waals surface area (Å²) in [5, 5.41) is 0. The van der Waals surface area contributed by atoms with Gasteiger partial charge in [-0.25, -0.2) is 9.97 Å². The quantitative estimate of drug-likeness (QED) is 0.860. The van der Waals surface area contributed by atoms with E-state index in [1.807, 2.05) is 0 Å². The maximum absolute atomic E-state index is 5.84. The Bertz CT molecular complexity index is 432. The van der Waals surface area contributed by atoms with Gasteiger partial charge in [0, 0.05) is 23.8 Å². The zero-order valence-corrected chi connectivity index (χ0v) is 11.1. The molecule has 18 heavy (non-hydrogen) atoms. The number of hydrogen-bond acceptors (Lipinski definition) is 4. The minimum atomic E-state index is 0.576. The van der Waals surface area contributed by atoms with Gasteiger partial charge in [-0.1, -0.05) is 0 Å². The SMILES string of the molecule is CC1CCC(CN)CN1c1ncnc2c1CCC2. The van der Waals surface area contributed by atoms with Gasteiger partial charge < -0.3 is 10.6 Å². The Labute approximate surface area is 109 Å². The first-order valence-electron chi connectivity index (χ1n) is 7.09. The molecule has 0 bridgehead atoms. The average Bonchev–Trinajstić information content (AvgIpc) is 2.87. The highest BCUT2D eigenvalue weighted by atomic mass is 15.2. The van der Waals surface area contributed by atoms with E-state index in [1.54, 1.807) is 6.33 Å². The Hall–Kier alpha value is -1.16. The third kappa shape index (κ3) is 1.99. The number of aryl methyl sites for hydroxylation is 1. The molecule has 0 saturated carbocycles. The van der Waals surface area contributed by atoms with E-state index in [0.29, 0.717) is 12.0 Å². The summed E-state index contributed by atoms with van der Waals surface area (Å²) in [6, 6.07) is 0.576. The largest absolute Gasteiger partial charge is 0.353 e. The van der Waals surface area contributed by atoms with Crippen molar-refractivity contribution in [3.63, 3.8) is 0 Å². The van der Waals surface area contributed by atoms with E-state index in [9.17, 15) is 0 Å². The van der Waals surface area contributed by atoms with E-state index in [2.05, 4.69) is 21.8 Å². The summed E-state index contributed by atoms with van der Waals surface area (Å²) in [5.41, 5.74) is 8.50. The summed E-state index contributed by atoms with van der Waals surface area (Å²) in [6.45, 7) is 4.15. The molecular formula is C14H22N4. The fourth-order valence-corrected chi connectivity index (χ4v) is 3.26. The second-order valence-corrected chi connectivity index (χ2v) is 5.66. The number of anilines is 1. The molecule has 1 fully saturated rings. The summed E-state index contributed by atoms with van der Waals surface area (Å²) in [7, 11) is 0. The molecule has 2 atom stereocenters. The molecular weight excluding hydrogens is 224 g/mol. The first kappa shape index (κ1) is 11.9. The minimum Gasteiger partial charge on any atom is -0.353 e.